The summed E-state index contributed by atoms with van der Waals surface area (Å²) in [5.41, 5.74) is 2.39. The lowest BCUT2D eigenvalue weighted by Gasteiger charge is -2.17. The molecule has 0 bridgehead atoms. The number of oxazole rings is 1. The van der Waals surface area contributed by atoms with Gasteiger partial charge in [-0.2, -0.15) is 0 Å². The van der Waals surface area contributed by atoms with E-state index in [1.807, 2.05) is 36.4 Å². The highest BCUT2D eigenvalue weighted by molar-refractivity contribution is 7.53. The number of benzene rings is 2. The molecule has 1 aromatic heterocycles. The molecule has 0 atom stereocenters. The van der Waals surface area contributed by atoms with Crippen LogP contribution in [0.1, 0.15) is 13.8 Å². The predicted octanol–water partition coefficient (Wildman–Crippen LogP) is 5.10. The number of nitrogens with zero attached hydrogens (tertiary/aromatic N) is 1. The molecule has 2 aromatic carbocycles. The summed E-state index contributed by atoms with van der Waals surface area (Å²) in [7, 11) is -3.23. The first kappa shape index (κ1) is 17.7. The van der Waals surface area contributed by atoms with Gasteiger partial charge in [0, 0.05) is 5.56 Å². The standard InChI is InChI=1S/C18H20NO5P/c1-3-22-25(20,23-4-2)13-21-15-11-9-14(10-12-15)18-19-16-7-5-6-8-17(16)24-18/h5-12H,3-4,13H2,1-2H3. The van der Waals surface area contributed by atoms with Gasteiger partial charge in [0.1, 0.15) is 11.3 Å². The number of hydrogen-bond acceptors (Lipinski definition) is 6. The third-order valence-electron chi connectivity index (χ3n) is 3.44. The Kier molecular flexibility index (Phi) is 5.53. The van der Waals surface area contributed by atoms with Crippen molar-refractivity contribution in [1.29, 1.82) is 0 Å². The Balaban J connectivity index is 1.70. The average Bonchev–Trinajstić information content (AvgIpc) is 3.05. The normalized spacial score (nSPS) is 11.8. The van der Waals surface area contributed by atoms with E-state index in [9.17, 15) is 4.57 Å². The molecular weight excluding hydrogens is 341 g/mol. The van der Waals surface area contributed by atoms with Gasteiger partial charge in [0.15, 0.2) is 11.9 Å². The minimum Gasteiger partial charge on any atom is -0.481 e. The Morgan fingerprint density at radius 1 is 1.00 bits per heavy atom. The van der Waals surface area contributed by atoms with Crippen LogP contribution in [0, 0.1) is 0 Å². The van der Waals surface area contributed by atoms with Crippen molar-refractivity contribution in [3.8, 4) is 17.2 Å². The number of aromatic nitrogens is 1. The third kappa shape index (κ3) is 4.28. The smallest absolute Gasteiger partial charge is 0.367 e. The van der Waals surface area contributed by atoms with Gasteiger partial charge in [0.05, 0.1) is 13.2 Å². The topological polar surface area (TPSA) is 70.8 Å². The molecule has 0 fully saturated rings. The summed E-state index contributed by atoms with van der Waals surface area (Å²) in [4.78, 5) is 4.45. The van der Waals surface area contributed by atoms with Gasteiger partial charge in [-0.15, -0.1) is 0 Å². The molecule has 0 spiro atoms. The molecule has 0 amide bonds. The maximum absolute atomic E-state index is 12.4. The van der Waals surface area contributed by atoms with Gasteiger partial charge in [-0.3, -0.25) is 4.57 Å². The van der Waals surface area contributed by atoms with Crippen LogP contribution in [0.25, 0.3) is 22.6 Å². The molecule has 25 heavy (non-hydrogen) atoms. The summed E-state index contributed by atoms with van der Waals surface area (Å²) in [6.45, 7) is 4.14. The summed E-state index contributed by atoms with van der Waals surface area (Å²) in [6, 6.07) is 14.8. The van der Waals surface area contributed by atoms with Crippen molar-refractivity contribution in [2.24, 2.45) is 0 Å². The number of ether oxygens (including phenoxy) is 1. The second-order valence-electron chi connectivity index (χ2n) is 5.23. The quantitative estimate of drug-likeness (QED) is 0.520. The summed E-state index contributed by atoms with van der Waals surface area (Å²) in [5, 5.41) is 0. The fraction of sp³-hybridized carbons (Fsp3) is 0.278. The molecule has 0 unspecified atom stereocenters. The minimum absolute atomic E-state index is 0.128. The Hall–Kier alpha value is -2.14. The fourth-order valence-electron chi connectivity index (χ4n) is 2.35. The lowest BCUT2D eigenvalue weighted by molar-refractivity contribution is 0.197. The van der Waals surface area contributed by atoms with E-state index in [1.54, 1.807) is 26.0 Å². The van der Waals surface area contributed by atoms with Gasteiger partial charge >= 0.3 is 7.60 Å². The Bertz CT molecular complexity index is 832. The van der Waals surface area contributed by atoms with Crippen LogP contribution in [0.15, 0.2) is 52.9 Å². The Morgan fingerprint density at radius 2 is 1.68 bits per heavy atom. The summed E-state index contributed by atoms with van der Waals surface area (Å²) >= 11 is 0. The lowest BCUT2D eigenvalue weighted by Crippen LogP contribution is -2.05. The number of hydrogen-bond donors (Lipinski definition) is 0. The Morgan fingerprint density at radius 3 is 2.32 bits per heavy atom. The van der Waals surface area contributed by atoms with Crippen molar-refractivity contribution in [2.45, 2.75) is 13.8 Å². The van der Waals surface area contributed by atoms with Crippen LogP contribution < -0.4 is 4.74 Å². The van der Waals surface area contributed by atoms with Crippen LogP contribution in [-0.4, -0.2) is 24.5 Å². The van der Waals surface area contributed by atoms with E-state index in [0.717, 1.165) is 16.7 Å². The molecule has 0 radical (unpaired) electrons. The maximum Gasteiger partial charge on any atom is 0.367 e. The van der Waals surface area contributed by atoms with Gasteiger partial charge in [-0.25, -0.2) is 4.98 Å². The molecule has 132 valence electrons. The second-order valence-corrected chi connectivity index (χ2v) is 7.23. The lowest BCUT2D eigenvalue weighted by atomic mass is 10.2. The zero-order valence-electron chi connectivity index (χ0n) is 14.2. The largest absolute Gasteiger partial charge is 0.481 e. The van der Waals surface area contributed by atoms with E-state index in [0.29, 0.717) is 24.9 Å². The van der Waals surface area contributed by atoms with Crippen molar-refractivity contribution in [3.05, 3.63) is 48.5 Å². The van der Waals surface area contributed by atoms with E-state index in [4.69, 9.17) is 18.2 Å². The summed E-state index contributed by atoms with van der Waals surface area (Å²) < 4.78 is 34.1. The summed E-state index contributed by atoms with van der Waals surface area (Å²) in [5.74, 6) is 1.11. The maximum atomic E-state index is 12.4. The molecule has 1 heterocycles. The first-order chi connectivity index (χ1) is 12.1. The number of para-hydroxylation sites is 2. The third-order valence-corrected chi connectivity index (χ3v) is 5.18. The van der Waals surface area contributed by atoms with Crippen molar-refractivity contribution in [1.82, 2.24) is 4.98 Å². The molecule has 0 saturated heterocycles. The van der Waals surface area contributed by atoms with Crippen LogP contribution in [0.2, 0.25) is 0 Å². The monoisotopic (exact) mass is 361 g/mol. The highest BCUT2D eigenvalue weighted by Crippen LogP contribution is 2.47. The molecule has 0 aliphatic carbocycles. The second kappa shape index (κ2) is 7.83. The van der Waals surface area contributed by atoms with Crippen LogP contribution in [0.3, 0.4) is 0 Å². The van der Waals surface area contributed by atoms with E-state index < -0.39 is 7.60 Å². The first-order valence-corrected chi connectivity index (χ1v) is 9.83. The molecule has 3 aromatic rings. The highest BCUT2D eigenvalue weighted by atomic mass is 31.2. The first-order valence-electron chi connectivity index (χ1n) is 8.10. The fourth-order valence-corrected chi connectivity index (χ4v) is 3.67. The number of rotatable bonds is 8. The molecule has 7 heteroatoms. The molecule has 0 aliphatic rings. The van der Waals surface area contributed by atoms with E-state index >= 15 is 0 Å². The SMILES string of the molecule is CCOP(=O)(COc1ccc(-c2nc3ccccc3o2)cc1)OCC. The van der Waals surface area contributed by atoms with Crippen LogP contribution in [0.5, 0.6) is 5.75 Å². The minimum atomic E-state index is -3.23. The van der Waals surface area contributed by atoms with E-state index in [2.05, 4.69) is 4.98 Å². The zero-order chi connectivity index (χ0) is 17.7. The van der Waals surface area contributed by atoms with Crippen molar-refractivity contribution < 1.29 is 22.8 Å². The average molecular weight is 361 g/mol. The summed E-state index contributed by atoms with van der Waals surface area (Å²) in [6.07, 6.45) is -0.128. The van der Waals surface area contributed by atoms with Crippen molar-refractivity contribution in [3.63, 3.8) is 0 Å². The van der Waals surface area contributed by atoms with Crippen LogP contribution in [-0.2, 0) is 13.6 Å². The molecule has 6 nitrogen and oxygen atoms in total. The van der Waals surface area contributed by atoms with Gasteiger partial charge in [-0.05, 0) is 50.2 Å². The van der Waals surface area contributed by atoms with Gasteiger partial charge in [0.2, 0.25) is 5.89 Å². The molecule has 0 aliphatic heterocycles. The van der Waals surface area contributed by atoms with Crippen LogP contribution >= 0.6 is 7.60 Å². The molecule has 3 rings (SSSR count). The van der Waals surface area contributed by atoms with Crippen LogP contribution in [0.4, 0.5) is 0 Å². The highest BCUT2D eigenvalue weighted by Gasteiger charge is 2.24. The predicted molar refractivity (Wildman–Crippen MR) is 95.8 cm³/mol. The number of fused-ring (bicyclic) bond motifs is 1. The zero-order valence-corrected chi connectivity index (χ0v) is 15.1. The van der Waals surface area contributed by atoms with Crippen molar-refractivity contribution in [2.75, 3.05) is 19.6 Å². The van der Waals surface area contributed by atoms with Gasteiger partial charge < -0.3 is 18.2 Å². The van der Waals surface area contributed by atoms with Crippen molar-refractivity contribution >= 4 is 18.7 Å². The molecule has 0 N–H and O–H groups in total. The van der Waals surface area contributed by atoms with E-state index in [1.165, 1.54) is 0 Å². The van der Waals surface area contributed by atoms with Gasteiger partial charge in [0.25, 0.3) is 0 Å². The molecular formula is C18H20NO5P. The molecule has 0 saturated carbocycles. The van der Waals surface area contributed by atoms with E-state index in [-0.39, 0.29) is 6.35 Å². The van der Waals surface area contributed by atoms with Gasteiger partial charge in [-0.1, -0.05) is 12.1 Å². The Labute approximate surface area is 146 Å².